The highest BCUT2D eigenvalue weighted by Gasteiger charge is 2.20. The second kappa shape index (κ2) is 8.07. The molecule has 0 spiro atoms. The van der Waals surface area contributed by atoms with Crippen LogP contribution in [-0.4, -0.2) is 22.5 Å². The van der Waals surface area contributed by atoms with Crippen LogP contribution >= 0.6 is 23.1 Å². The number of aryl methyl sites for hydroxylation is 1. The SMILES string of the molecule is CCCCOC(=O)c1ccc(Sc2nc(C)cs2)c([N+](=O)[O-])c1. The lowest BCUT2D eigenvalue weighted by atomic mass is 10.2. The summed E-state index contributed by atoms with van der Waals surface area (Å²) in [6.45, 7) is 4.17. The summed E-state index contributed by atoms with van der Waals surface area (Å²) in [5.41, 5.74) is 0.941. The standard InChI is InChI=1S/C15H16N2O4S2/c1-3-4-7-21-14(18)11-5-6-13(12(8-11)17(19)20)23-15-16-10(2)9-22-15/h5-6,8-9H,3-4,7H2,1-2H3. The number of hydrogen-bond donors (Lipinski definition) is 0. The molecule has 0 atom stereocenters. The molecule has 122 valence electrons. The quantitative estimate of drug-likeness (QED) is 0.316. The number of ether oxygens (including phenoxy) is 1. The number of nitro benzene ring substituents is 1. The Morgan fingerprint density at radius 3 is 2.87 bits per heavy atom. The Kier molecular flexibility index (Phi) is 6.12. The Balaban J connectivity index is 2.20. The smallest absolute Gasteiger partial charge is 0.338 e. The van der Waals surface area contributed by atoms with Gasteiger partial charge >= 0.3 is 5.97 Å². The van der Waals surface area contributed by atoms with Gasteiger partial charge in [-0.15, -0.1) is 11.3 Å². The first-order chi connectivity index (χ1) is 11.0. The fraction of sp³-hybridized carbons (Fsp3) is 0.333. The minimum atomic E-state index is -0.539. The first-order valence-corrected chi connectivity index (χ1v) is 8.76. The van der Waals surface area contributed by atoms with Crippen LogP contribution in [0.2, 0.25) is 0 Å². The number of hydrogen-bond acceptors (Lipinski definition) is 7. The Labute approximate surface area is 142 Å². The maximum atomic E-state index is 11.9. The molecule has 0 N–H and O–H groups in total. The highest BCUT2D eigenvalue weighted by Crippen LogP contribution is 2.36. The normalized spacial score (nSPS) is 10.5. The molecule has 0 aliphatic heterocycles. The molecular formula is C15H16N2O4S2. The van der Waals surface area contributed by atoms with Gasteiger partial charge < -0.3 is 4.74 Å². The van der Waals surface area contributed by atoms with Crippen molar-refractivity contribution in [1.82, 2.24) is 4.98 Å². The number of thiazole rings is 1. The zero-order valence-electron chi connectivity index (χ0n) is 12.8. The predicted octanol–water partition coefficient (Wildman–Crippen LogP) is 4.47. The third-order valence-electron chi connectivity index (χ3n) is 2.92. The van der Waals surface area contributed by atoms with Crippen molar-refractivity contribution in [3.63, 3.8) is 0 Å². The lowest BCUT2D eigenvalue weighted by Gasteiger charge is -2.05. The van der Waals surface area contributed by atoms with Gasteiger partial charge in [0.15, 0.2) is 4.34 Å². The van der Waals surface area contributed by atoms with E-state index in [1.807, 2.05) is 19.2 Å². The van der Waals surface area contributed by atoms with Crippen LogP contribution in [0.4, 0.5) is 5.69 Å². The molecule has 0 aliphatic carbocycles. The zero-order valence-corrected chi connectivity index (χ0v) is 14.4. The Morgan fingerprint density at radius 2 is 2.26 bits per heavy atom. The number of nitro groups is 1. The molecule has 0 fully saturated rings. The number of carbonyl (C=O) groups is 1. The number of benzene rings is 1. The third kappa shape index (κ3) is 4.77. The first-order valence-electron chi connectivity index (χ1n) is 7.06. The van der Waals surface area contributed by atoms with Crippen molar-refractivity contribution >= 4 is 34.8 Å². The highest BCUT2D eigenvalue weighted by molar-refractivity contribution is 8.01. The Hall–Kier alpha value is -1.93. The molecule has 0 aliphatic rings. The number of aromatic nitrogens is 1. The number of esters is 1. The first kappa shape index (κ1) is 17.4. The van der Waals surface area contributed by atoms with Crippen LogP contribution < -0.4 is 0 Å². The summed E-state index contributed by atoms with van der Waals surface area (Å²) in [5.74, 6) is -0.539. The topological polar surface area (TPSA) is 82.3 Å². The number of carbonyl (C=O) groups excluding carboxylic acids is 1. The van der Waals surface area contributed by atoms with Gasteiger partial charge in [0.05, 0.1) is 22.0 Å². The molecule has 1 heterocycles. The van der Waals surface area contributed by atoms with E-state index in [1.54, 1.807) is 12.1 Å². The summed E-state index contributed by atoms with van der Waals surface area (Å²) in [4.78, 5) is 27.4. The second-order valence-electron chi connectivity index (χ2n) is 4.79. The molecule has 0 saturated carbocycles. The maximum absolute atomic E-state index is 11.9. The lowest BCUT2D eigenvalue weighted by Crippen LogP contribution is -2.07. The summed E-state index contributed by atoms with van der Waals surface area (Å²) < 4.78 is 5.81. The molecule has 0 radical (unpaired) electrons. The molecule has 2 rings (SSSR count). The van der Waals surface area contributed by atoms with Gasteiger partial charge in [-0.3, -0.25) is 10.1 Å². The van der Waals surface area contributed by atoms with Crippen LogP contribution in [0.15, 0.2) is 32.8 Å². The zero-order chi connectivity index (χ0) is 16.8. The fourth-order valence-electron chi connectivity index (χ4n) is 1.74. The van der Waals surface area contributed by atoms with Crippen LogP contribution in [0.3, 0.4) is 0 Å². The monoisotopic (exact) mass is 352 g/mol. The minimum Gasteiger partial charge on any atom is -0.462 e. The molecule has 23 heavy (non-hydrogen) atoms. The summed E-state index contributed by atoms with van der Waals surface area (Å²) in [5, 5.41) is 13.2. The van der Waals surface area contributed by atoms with Crippen molar-refractivity contribution in [3.05, 3.63) is 45.0 Å². The molecule has 0 amide bonds. The van der Waals surface area contributed by atoms with Crippen molar-refractivity contribution in [2.75, 3.05) is 6.61 Å². The summed E-state index contributed by atoms with van der Waals surface area (Å²) in [6, 6.07) is 4.37. The average molecular weight is 352 g/mol. The highest BCUT2D eigenvalue weighted by atomic mass is 32.2. The van der Waals surface area contributed by atoms with Gasteiger partial charge in [-0.05, 0) is 25.5 Å². The van der Waals surface area contributed by atoms with Crippen molar-refractivity contribution in [2.24, 2.45) is 0 Å². The van der Waals surface area contributed by atoms with Gasteiger partial charge in [0, 0.05) is 17.1 Å². The van der Waals surface area contributed by atoms with Gasteiger partial charge in [-0.1, -0.05) is 25.1 Å². The Morgan fingerprint density at radius 1 is 1.48 bits per heavy atom. The molecular weight excluding hydrogens is 336 g/mol. The molecule has 2 aromatic rings. The van der Waals surface area contributed by atoms with Crippen molar-refractivity contribution in [3.8, 4) is 0 Å². The molecule has 0 unspecified atom stereocenters. The fourth-order valence-corrected chi connectivity index (χ4v) is 3.62. The second-order valence-corrected chi connectivity index (χ2v) is 6.93. The maximum Gasteiger partial charge on any atom is 0.338 e. The van der Waals surface area contributed by atoms with E-state index in [1.165, 1.54) is 29.2 Å². The Bertz CT molecular complexity index is 715. The van der Waals surface area contributed by atoms with E-state index in [4.69, 9.17) is 4.74 Å². The molecule has 1 aromatic carbocycles. The third-order valence-corrected chi connectivity index (χ3v) is 5.04. The van der Waals surface area contributed by atoms with E-state index < -0.39 is 10.9 Å². The molecule has 6 nitrogen and oxygen atoms in total. The molecule has 8 heteroatoms. The van der Waals surface area contributed by atoms with Crippen molar-refractivity contribution in [1.29, 1.82) is 0 Å². The predicted molar refractivity (Wildman–Crippen MR) is 89.3 cm³/mol. The lowest BCUT2D eigenvalue weighted by molar-refractivity contribution is -0.387. The van der Waals surface area contributed by atoms with E-state index in [0.29, 0.717) is 11.5 Å². The average Bonchev–Trinajstić information content (AvgIpc) is 2.92. The van der Waals surface area contributed by atoms with E-state index >= 15 is 0 Å². The van der Waals surface area contributed by atoms with E-state index in [0.717, 1.165) is 22.9 Å². The number of nitrogens with zero attached hydrogens (tertiary/aromatic N) is 2. The van der Waals surface area contributed by atoms with Gasteiger partial charge in [0.2, 0.25) is 0 Å². The van der Waals surface area contributed by atoms with Crippen LogP contribution in [0.25, 0.3) is 0 Å². The van der Waals surface area contributed by atoms with Crippen LogP contribution in [0.5, 0.6) is 0 Å². The van der Waals surface area contributed by atoms with Crippen molar-refractivity contribution in [2.45, 2.75) is 35.9 Å². The van der Waals surface area contributed by atoms with E-state index in [9.17, 15) is 14.9 Å². The van der Waals surface area contributed by atoms with Gasteiger partial charge in [0.25, 0.3) is 5.69 Å². The largest absolute Gasteiger partial charge is 0.462 e. The summed E-state index contributed by atoms with van der Waals surface area (Å²) in [7, 11) is 0. The van der Waals surface area contributed by atoms with Crippen molar-refractivity contribution < 1.29 is 14.5 Å². The van der Waals surface area contributed by atoms with Gasteiger partial charge in [-0.25, -0.2) is 9.78 Å². The summed E-state index contributed by atoms with van der Waals surface area (Å²) in [6.07, 6.45) is 1.68. The van der Waals surface area contributed by atoms with Crippen LogP contribution in [0, 0.1) is 17.0 Å². The van der Waals surface area contributed by atoms with Crippen LogP contribution in [0.1, 0.15) is 35.8 Å². The number of rotatable bonds is 7. The summed E-state index contributed by atoms with van der Waals surface area (Å²) >= 11 is 2.65. The molecule has 0 saturated heterocycles. The van der Waals surface area contributed by atoms with Gasteiger partial charge in [0.1, 0.15) is 0 Å². The minimum absolute atomic E-state index is 0.118. The number of unbranched alkanes of at least 4 members (excludes halogenated alkanes) is 1. The molecule has 0 bridgehead atoms. The van der Waals surface area contributed by atoms with Gasteiger partial charge in [-0.2, -0.15) is 0 Å². The van der Waals surface area contributed by atoms with E-state index in [-0.39, 0.29) is 11.3 Å². The molecule has 1 aromatic heterocycles. The van der Waals surface area contributed by atoms with E-state index in [2.05, 4.69) is 4.98 Å². The van der Waals surface area contributed by atoms with Crippen LogP contribution in [-0.2, 0) is 4.74 Å².